The third kappa shape index (κ3) is 6.00. The molecular formula is C24H28N2O6. The van der Waals surface area contributed by atoms with Gasteiger partial charge in [0.15, 0.2) is 6.61 Å². The first-order valence-corrected chi connectivity index (χ1v) is 10.7. The molecule has 2 aromatic carbocycles. The van der Waals surface area contributed by atoms with Crippen LogP contribution in [0.15, 0.2) is 48.5 Å². The van der Waals surface area contributed by atoms with Crippen LogP contribution in [0.2, 0.25) is 0 Å². The Balaban J connectivity index is 1.47. The van der Waals surface area contributed by atoms with E-state index < -0.39 is 6.16 Å². The zero-order valence-electron chi connectivity index (χ0n) is 18.4. The summed E-state index contributed by atoms with van der Waals surface area (Å²) in [6.07, 6.45) is 0.0516. The van der Waals surface area contributed by atoms with Gasteiger partial charge in [-0.1, -0.05) is 25.1 Å². The number of carbonyl (C=O) groups excluding carboxylic acids is 3. The van der Waals surface area contributed by atoms with Crippen LogP contribution >= 0.6 is 0 Å². The largest absolute Gasteiger partial charge is 0.513 e. The van der Waals surface area contributed by atoms with Gasteiger partial charge < -0.3 is 24.0 Å². The molecule has 3 rings (SSSR count). The maximum atomic E-state index is 12.8. The van der Waals surface area contributed by atoms with Crippen molar-refractivity contribution in [2.75, 3.05) is 39.4 Å². The Morgan fingerprint density at radius 1 is 0.875 bits per heavy atom. The fraction of sp³-hybridized carbons (Fsp3) is 0.375. The van der Waals surface area contributed by atoms with Crippen LogP contribution < -0.4 is 9.47 Å². The number of rotatable bonds is 7. The summed E-state index contributed by atoms with van der Waals surface area (Å²) in [5.74, 6) is 0.809. The lowest BCUT2D eigenvalue weighted by Crippen LogP contribution is -2.51. The van der Waals surface area contributed by atoms with Crippen molar-refractivity contribution in [2.24, 2.45) is 0 Å². The van der Waals surface area contributed by atoms with Gasteiger partial charge in [-0.15, -0.1) is 0 Å². The predicted octanol–water partition coefficient (Wildman–Crippen LogP) is 3.15. The molecule has 1 aliphatic rings. The minimum Gasteiger partial charge on any atom is -0.483 e. The molecule has 1 fully saturated rings. The summed E-state index contributed by atoms with van der Waals surface area (Å²) in [7, 11) is 0. The molecule has 2 aromatic rings. The second-order valence-electron chi connectivity index (χ2n) is 7.23. The van der Waals surface area contributed by atoms with Gasteiger partial charge in [0.2, 0.25) is 0 Å². The molecule has 8 heteroatoms. The van der Waals surface area contributed by atoms with Crippen LogP contribution in [0.5, 0.6) is 11.5 Å². The van der Waals surface area contributed by atoms with Crippen LogP contribution in [0.1, 0.15) is 29.8 Å². The number of ether oxygens (including phenoxy) is 3. The van der Waals surface area contributed by atoms with Gasteiger partial charge in [0.1, 0.15) is 11.5 Å². The highest BCUT2D eigenvalue weighted by Crippen LogP contribution is 2.19. The summed E-state index contributed by atoms with van der Waals surface area (Å²) in [4.78, 5) is 40.1. The molecule has 8 nitrogen and oxygen atoms in total. The molecule has 0 bridgehead atoms. The Hall–Kier alpha value is -3.55. The number of piperazine rings is 1. The number of carbonyl (C=O) groups is 3. The zero-order valence-corrected chi connectivity index (χ0v) is 18.4. The van der Waals surface area contributed by atoms with E-state index >= 15 is 0 Å². The van der Waals surface area contributed by atoms with E-state index in [4.69, 9.17) is 14.2 Å². The fourth-order valence-electron chi connectivity index (χ4n) is 3.42. The lowest BCUT2D eigenvalue weighted by molar-refractivity contribution is -0.134. The molecule has 0 saturated carbocycles. The summed E-state index contributed by atoms with van der Waals surface area (Å²) >= 11 is 0. The fourth-order valence-corrected chi connectivity index (χ4v) is 3.42. The van der Waals surface area contributed by atoms with Crippen molar-refractivity contribution in [1.82, 2.24) is 9.80 Å². The Bertz CT molecular complexity index is 936. The summed E-state index contributed by atoms with van der Waals surface area (Å²) in [5.41, 5.74) is 1.55. The van der Waals surface area contributed by atoms with Gasteiger partial charge in [-0.2, -0.15) is 0 Å². The average Bonchev–Trinajstić information content (AvgIpc) is 2.83. The molecule has 1 aliphatic heterocycles. The van der Waals surface area contributed by atoms with E-state index in [0.717, 1.165) is 17.7 Å². The van der Waals surface area contributed by atoms with E-state index in [1.54, 1.807) is 41.0 Å². The van der Waals surface area contributed by atoms with Crippen molar-refractivity contribution < 1.29 is 28.6 Å². The molecular weight excluding hydrogens is 412 g/mol. The molecule has 0 N–H and O–H groups in total. The number of benzene rings is 2. The molecule has 0 unspecified atom stereocenters. The van der Waals surface area contributed by atoms with E-state index in [9.17, 15) is 14.4 Å². The van der Waals surface area contributed by atoms with Crippen molar-refractivity contribution in [2.45, 2.75) is 20.3 Å². The van der Waals surface area contributed by atoms with E-state index in [2.05, 4.69) is 0 Å². The first kappa shape index (κ1) is 23.1. The number of nitrogens with zero attached hydrogens (tertiary/aromatic N) is 2. The molecule has 32 heavy (non-hydrogen) atoms. The van der Waals surface area contributed by atoms with Gasteiger partial charge in [0.25, 0.3) is 11.8 Å². The molecule has 0 atom stereocenters. The highest BCUT2D eigenvalue weighted by atomic mass is 16.7. The van der Waals surface area contributed by atoms with Crippen molar-refractivity contribution in [3.63, 3.8) is 0 Å². The highest BCUT2D eigenvalue weighted by Gasteiger charge is 2.25. The average molecular weight is 440 g/mol. The van der Waals surface area contributed by atoms with E-state index in [-0.39, 0.29) is 25.0 Å². The predicted molar refractivity (Wildman–Crippen MR) is 118 cm³/mol. The SMILES string of the molecule is CCOC(=O)Oc1ccc(C(=O)N2CCN(C(=O)COc3ccccc3CC)CC2)cc1. The molecule has 2 amide bonds. The number of amides is 2. The molecule has 0 spiro atoms. The summed E-state index contributed by atoms with van der Waals surface area (Å²) in [6, 6.07) is 14.0. The maximum Gasteiger partial charge on any atom is 0.513 e. The van der Waals surface area contributed by atoms with Crippen LogP contribution in [-0.4, -0.2) is 67.2 Å². The van der Waals surface area contributed by atoms with Gasteiger partial charge in [-0.3, -0.25) is 9.59 Å². The number of hydrogen-bond acceptors (Lipinski definition) is 6. The Morgan fingerprint density at radius 3 is 2.19 bits per heavy atom. The van der Waals surface area contributed by atoms with Crippen molar-refractivity contribution in [3.8, 4) is 11.5 Å². The van der Waals surface area contributed by atoms with E-state index in [0.29, 0.717) is 37.5 Å². The smallest absolute Gasteiger partial charge is 0.483 e. The molecule has 1 heterocycles. The van der Waals surface area contributed by atoms with Gasteiger partial charge in [0, 0.05) is 31.7 Å². The minimum atomic E-state index is -0.783. The third-order valence-corrected chi connectivity index (χ3v) is 5.19. The van der Waals surface area contributed by atoms with Gasteiger partial charge in [-0.05, 0) is 49.2 Å². The lowest BCUT2D eigenvalue weighted by atomic mass is 10.1. The van der Waals surface area contributed by atoms with Crippen LogP contribution in [0.4, 0.5) is 4.79 Å². The molecule has 1 saturated heterocycles. The van der Waals surface area contributed by atoms with Gasteiger partial charge in [-0.25, -0.2) is 4.79 Å². The van der Waals surface area contributed by atoms with Crippen LogP contribution in [0.3, 0.4) is 0 Å². The van der Waals surface area contributed by atoms with Crippen molar-refractivity contribution in [1.29, 1.82) is 0 Å². The van der Waals surface area contributed by atoms with E-state index in [1.807, 2.05) is 31.2 Å². The first-order chi connectivity index (χ1) is 15.5. The summed E-state index contributed by atoms with van der Waals surface area (Å²) in [5, 5.41) is 0. The van der Waals surface area contributed by atoms with Crippen LogP contribution in [-0.2, 0) is 16.0 Å². The quantitative estimate of drug-likeness (QED) is 0.486. The number of aryl methyl sites for hydroxylation is 1. The minimum absolute atomic E-state index is 0.0209. The standard InChI is InChI=1S/C24H28N2O6/c1-3-18-7-5-6-8-21(18)31-17-22(27)25-13-15-26(16-14-25)23(28)19-9-11-20(12-10-19)32-24(29)30-4-2/h5-12H,3-4,13-17H2,1-2H3. The lowest BCUT2D eigenvalue weighted by Gasteiger charge is -2.34. The zero-order chi connectivity index (χ0) is 22.9. The van der Waals surface area contributed by atoms with E-state index in [1.165, 1.54) is 0 Å². The molecule has 0 aliphatic carbocycles. The van der Waals surface area contributed by atoms with Crippen LogP contribution in [0.25, 0.3) is 0 Å². The normalized spacial score (nSPS) is 13.4. The van der Waals surface area contributed by atoms with Gasteiger partial charge >= 0.3 is 6.16 Å². The van der Waals surface area contributed by atoms with Crippen molar-refractivity contribution in [3.05, 3.63) is 59.7 Å². The third-order valence-electron chi connectivity index (χ3n) is 5.19. The number of para-hydroxylation sites is 1. The Kier molecular flexibility index (Phi) is 8.08. The number of hydrogen-bond donors (Lipinski definition) is 0. The van der Waals surface area contributed by atoms with Crippen LogP contribution in [0, 0.1) is 0 Å². The maximum absolute atomic E-state index is 12.8. The monoisotopic (exact) mass is 440 g/mol. The first-order valence-electron chi connectivity index (χ1n) is 10.7. The second-order valence-corrected chi connectivity index (χ2v) is 7.23. The summed E-state index contributed by atoms with van der Waals surface area (Å²) in [6.45, 7) is 5.72. The molecule has 170 valence electrons. The molecule has 0 radical (unpaired) electrons. The highest BCUT2D eigenvalue weighted by molar-refractivity contribution is 5.94. The second kappa shape index (κ2) is 11.2. The Morgan fingerprint density at radius 2 is 1.53 bits per heavy atom. The van der Waals surface area contributed by atoms with Gasteiger partial charge in [0.05, 0.1) is 6.61 Å². The van der Waals surface area contributed by atoms with Crippen molar-refractivity contribution >= 4 is 18.0 Å². The Labute approximate surface area is 187 Å². The summed E-state index contributed by atoms with van der Waals surface area (Å²) < 4.78 is 15.5. The molecule has 0 aromatic heterocycles. The topological polar surface area (TPSA) is 85.4 Å².